The van der Waals surface area contributed by atoms with Crippen molar-refractivity contribution in [1.82, 2.24) is 24.4 Å². The van der Waals surface area contributed by atoms with Gasteiger partial charge in [0.1, 0.15) is 5.65 Å². The third-order valence-electron chi connectivity index (χ3n) is 6.65. The third-order valence-corrected chi connectivity index (χ3v) is 6.65. The van der Waals surface area contributed by atoms with Crippen molar-refractivity contribution in [3.63, 3.8) is 0 Å². The van der Waals surface area contributed by atoms with E-state index < -0.39 is 0 Å². The molecular weight excluding hydrogens is 354 g/mol. The van der Waals surface area contributed by atoms with Gasteiger partial charge in [0, 0.05) is 43.5 Å². The van der Waals surface area contributed by atoms with E-state index >= 15 is 0 Å². The number of likely N-dealkylation sites (tertiary alicyclic amines) is 1. The Balaban J connectivity index is 1.44. The smallest absolute Gasteiger partial charge is 0.329 e. The average Bonchev–Trinajstić information content (AvgIpc) is 3.19. The molecule has 7 nitrogen and oxygen atoms in total. The highest BCUT2D eigenvalue weighted by Crippen LogP contribution is 2.29. The third kappa shape index (κ3) is 3.07. The van der Waals surface area contributed by atoms with E-state index in [0.717, 1.165) is 37.2 Å². The van der Waals surface area contributed by atoms with Gasteiger partial charge in [0.05, 0.1) is 10.9 Å². The predicted octanol–water partition coefficient (Wildman–Crippen LogP) is 2.78. The van der Waals surface area contributed by atoms with E-state index in [2.05, 4.69) is 19.9 Å². The molecule has 0 bridgehead atoms. The van der Waals surface area contributed by atoms with Crippen molar-refractivity contribution in [1.29, 1.82) is 0 Å². The Morgan fingerprint density at radius 2 is 1.82 bits per heavy atom. The van der Waals surface area contributed by atoms with Crippen molar-refractivity contribution >= 4 is 21.9 Å². The van der Waals surface area contributed by atoms with Gasteiger partial charge in [-0.2, -0.15) is 0 Å². The van der Waals surface area contributed by atoms with E-state index in [1.54, 1.807) is 12.4 Å². The number of piperidine rings is 1. The summed E-state index contributed by atoms with van der Waals surface area (Å²) in [6, 6.07) is 2.01. The van der Waals surface area contributed by atoms with Crippen molar-refractivity contribution in [2.24, 2.45) is 5.92 Å². The number of pyridine rings is 1. The number of aromatic amines is 2. The van der Waals surface area contributed by atoms with Gasteiger partial charge in [-0.05, 0) is 37.7 Å². The maximum absolute atomic E-state index is 12.8. The Labute approximate surface area is 162 Å². The second kappa shape index (κ2) is 7.20. The highest BCUT2D eigenvalue weighted by atomic mass is 16.2. The lowest BCUT2D eigenvalue weighted by atomic mass is 9.88. The van der Waals surface area contributed by atoms with Crippen molar-refractivity contribution < 1.29 is 0 Å². The van der Waals surface area contributed by atoms with Gasteiger partial charge in [-0.1, -0.05) is 19.3 Å². The number of hydrogen-bond donors (Lipinski definition) is 2. The van der Waals surface area contributed by atoms with Crippen LogP contribution in [0.15, 0.2) is 28.0 Å². The molecule has 1 saturated heterocycles. The average molecular weight is 381 g/mol. The van der Waals surface area contributed by atoms with Gasteiger partial charge in [-0.15, -0.1) is 0 Å². The van der Waals surface area contributed by atoms with Crippen LogP contribution in [-0.2, 0) is 0 Å². The number of fused-ring (bicyclic) bond motifs is 3. The summed E-state index contributed by atoms with van der Waals surface area (Å²) in [6.07, 6.45) is 12.1. The van der Waals surface area contributed by atoms with Crippen LogP contribution in [0.3, 0.4) is 0 Å². The molecule has 0 atom stereocenters. The number of rotatable bonds is 3. The molecule has 2 N–H and O–H groups in total. The van der Waals surface area contributed by atoms with Gasteiger partial charge < -0.3 is 9.88 Å². The second-order valence-electron chi connectivity index (χ2n) is 8.43. The molecule has 0 spiro atoms. The molecule has 3 aromatic heterocycles. The molecule has 0 radical (unpaired) electrons. The van der Waals surface area contributed by atoms with Crippen LogP contribution < -0.4 is 11.2 Å². The molecular formula is C21H27N5O2. The predicted molar refractivity (Wildman–Crippen MR) is 110 cm³/mol. The van der Waals surface area contributed by atoms with E-state index in [0.29, 0.717) is 16.6 Å². The van der Waals surface area contributed by atoms with Crippen molar-refractivity contribution in [3.05, 3.63) is 39.3 Å². The van der Waals surface area contributed by atoms with Crippen LogP contribution in [0.2, 0.25) is 0 Å². The van der Waals surface area contributed by atoms with Crippen LogP contribution in [-0.4, -0.2) is 44.1 Å². The molecule has 148 valence electrons. The molecule has 5 rings (SSSR count). The number of nitrogens with one attached hydrogen (secondary N) is 2. The fourth-order valence-corrected chi connectivity index (χ4v) is 5.19. The minimum atomic E-state index is -0.360. The summed E-state index contributed by atoms with van der Waals surface area (Å²) < 4.78 is 1.81. The number of nitrogens with zero attached hydrogens (tertiary/aromatic N) is 3. The Kier molecular flexibility index (Phi) is 4.55. The Hall–Kier alpha value is -2.41. The molecule has 2 fully saturated rings. The SMILES string of the molecule is O=c1[nH]c(=O)n(C2CCN(CC3CCCCC3)CC2)c2c1cnc1[nH]ccc12. The molecule has 3 aromatic rings. The monoisotopic (exact) mass is 381 g/mol. The van der Waals surface area contributed by atoms with Crippen molar-refractivity contribution in [3.8, 4) is 0 Å². The largest absolute Gasteiger partial charge is 0.346 e. The second-order valence-corrected chi connectivity index (χ2v) is 8.43. The zero-order chi connectivity index (χ0) is 19.1. The van der Waals surface area contributed by atoms with E-state index in [1.807, 2.05) is 10.6 Å². The van der Waals surface area contributed by atoms with Crippen LogP contribution in [0, 0.1) is 5.92 Å². The van der Waals surface area contributed by atoms with Gasteiger partial charge in [0.2, 0.25) is 0 Å². The summed E-state index contributed by atoms with van der Waals surface area (Å²) in [5, 5.41) is 1.32. The van der Waals surface area contributed by atoms with Crippen molar-refractivity contribution in [2.75, 3.05) is 19.6 Å². The topological polar surface area (TPSA) is 86.8 Å². The van der Waals surface area contributed by atoms with Gasteiger partial charge >= 0.3 is 5.69 Å². The lowest BCUT2D eigenvalue weighted by Crippen LogP contribution is -2.41. The summed E-state index contributed by atoms with van der Waals surface area (Å²) >= 11 is 0. The first-order valence-corrected chi connectivity index (χ1v) is 10.5. The van der Waals surface area contributed by atoms with Gasteiger partial charge in [-0.3, -0.25) is 14.3 Å². The van der Waals surface area contributed by atoms with E-state index in [-0.39, 0.29) is 17.3 Å². The number of H-pyrrole nitrogens is 2. The van der Waals surface area contributed by atoms with Crippen LogP contribution in [0.1, 0.15) is 51.0 Å². The quantitative estimate of drug-likeness (QED) is 0.730. The van der Waals surface area contributed by atoms with Crippen molar-refractivity contribution in [2.45, 2.75) is 51.0 Å². The highest BCUT2D eigenvalue weighted by molar-refractivity contribution is 6.01. The molecule has 1 saturated carbocycles. The van der Waals surface area contributed by atoms with Crippen LogP contribution in [0.4, 0.5) is 0 Å². The molecule has 1 aliphatic heterocycles. The standard InChI is InChI=1S/C21H27N5O2/c27-20-17-12-23-19-16(6-9-22-19)18(17)26(21(28)24-20)15-7-10-25(11-8-15)13-14-4-2-1-3-5-14/h6,9,12,14-15H,1-5,7-8,10-11,13H2,(H,22,23)(H,24,27,28). The van der Waals surface area contributed by atoms with Crippen LogP contribution >= 0.6 is 0 Å². The maximum atomic E-state index is 12.8. The Morgan fingerprint density at radius 3 is 2.61 bits per heavy atom. The Bertz CT molecular complexity index is 1100. The zero-order valence-corrected chi connectivity index (χ0v) is 16.1. The first kappa shape index (κ1) is 17.7. The molecule has 1 aliphatic carbocycles. The summed E-state index contributed by atoms with van der Waals surface area (Å²) in [5.41, 5.74) is 0.755. The summed E-state index contributed by atoms with van der Waals surface area (Å²) in [5.74, 6) is 0.840. The van der Waals surface area contributed by atoms with Gasteiger partial charge in [-0.25, -0.2) is 9.78 Å². The first-order chi connectivity index (χ1) is 13.7. The lowest BCUT2D eigenvalue weighted by molar-refractivity contribution is 0.147. The van der Waals surface area contributed by atoms with E-state index in [9.17, 15) is 9.59 Å². The maximum Gasteiger partial charge on any atom is 0.329 e. The molecule has 28 heavy (non-hydrogen) atoms. The summed E-state index contributed by atoms with van der Waals surface area (Å²) in [4.78, 5) is 37.6. The lowest BCUT2D eigenvalue weighted by Gasteiger charge is -2.36. The van der Waals surface area contributed by atoms with Gasteiger partial charge in [0.25, 0.3) is 5.56 Å². The molecule has 7 heteroatoms. The van der Waals surface area contributed by atoms with E-state index in [1.165, 1.54) is 38.6 Å². The van der Waals surface area contributed by atoms with Crippen LogP contribution in [0.25, 0.3) is 21.9 Å². The van der Waals surface area contributed by atoms with Crippen LogP contribution in [0.5, 0.6) is 0 Å². The minimum absolute atomic E-state index is 0.106. The highest BCUT2D eigenvalue weighted by Gasteiger charge is 2.26. The zero-order valence-electron chi connectivity index (χ0n) is 16.1. The molecule has 0 amide bonds. The summed E-state index contributed by atoms with van der Waals surface area (Å²) in [6.45, 7) is 3.21. The number of aromatic nitrogens is 4. The number of hydrogen-bond acceptors (Lipinski definition) is 4. The first-order valence-electron chi connectivity index (χ1n) is 10.5. The molecule has 0 unspecified atom stereocenters. The fourth-order valence-electron chi connectivity index (χ4n) is 5.19. The molecule has 0 aromatic carbocycles. The summed E-state index contributed by atoms with van der Waals surface area (Å²) in [7, 11) is 0. The minimum Gasteiger partial charge on any atom is -0.346 e. The molecule has 4 heterocycles. The van der Waals surface area contributed by atoms with Gasteiger partial charge in [0.15, 0.2) is 0 Å². The molecule has 2 aliphatic rings. The Morgan fingerprint density at radius 1 is 1.04 bits per heavy atom. The normalized spacial score (nSPS) is 20.3. The fraction of sp³-hybridized carbons (Fsp3) is 0.571. The van der Waals surface area contributed by atoms with E-state index in [4.69, 9.17) is 0 Å².